The molecule has 1 atom stereocenters. The molecule has 0 saturated carbocycles. The lowest BCUT2D eigenvalue weighted by Gasteiger charge is -2.15. The lowest BCUT2D eigenvalue weighted by atomic mass is 10.0. The van der Waals surface area contributed by atoms with E-state index in [9.17, 15) is 0 Å². The highest BCUT2D eigenvalue weighted by molar-refractivity contribution is 5.33. The van der Waals surface area contributed by atoms with Gasteiger partial charge in [0.15, 0.2) is 0 Å². The van der Waals surface area contributed by atoms with Crippen molar-refractivity contribution in [2.45, 2.75) is 26.7 Å². The van der Waals surface area contributed by atoms with Crippen molar-refractivity contribution in [3.05, 3.63) is 29.8 Å². The van der Waals surface area contributed by atoms with Gasteiger partial charge in [0.05, 0.1) is 13.2 Å². The predicted octanol–water partition coefficient (Wildman–Crippen LogP) is 2.89. The maximum Gasteiger partial charge on any atom is 0.122 e. The van der Waals surface area contributed by atoms with E-state index in [1.807, 2.05) is 6.07 Å². The minimum Gasteiger partial charge on any atom is -0.493 e. The fourth-order valence-corrected chi connectivity index (χ4v) is 2.00. The van der Waals surface area contributed by atoms with Gasteiger partial charge in [0.1, 0.15) is 5.75 Å². The molecule has 1 aromatic carbocycles. The highest BCUT2D eigenvalue weighted by Gasteiger charge is 2.08. The van der Waals surface area contributed by atoms with Crippen LogP contribution in [0.2, 0.25) is 0 Å². The normalized spacial score (nSPS) is 12.4. The van der Waals surface area contributed by atoms with Crippen molar-refractivity contribution in [3.8, 4) is 5.75 Å². The van der Waals surface area contributed by atoms with Crippen LogP contribution in [-0.2, 0) is 11.2 Å². The predicted molar refractivity (Wildman–Crippen MR) is 79.8 cm³/mol. The Kier molecular flexibility index (Phi) is 8.26. The summed E-state index contributed by atoms with van der Waals surface area (Å²) < 4.78 is 10.8. The third kappa shape index (κ3) is 6.60. The largest absolute Gasteiger partial charge is 0.493 e. The average molecular weight is 265 g/mol. The van der Waals surface area contributed by atoms with Crippen molar-refractivity contribution in [2.24, 2.45) is 5.92 Å². The molecule has 0 amide bonds. The van der Waals surface area contributed by atoms with E-state index in [-0.39, 0.29) is 0 Å². The molecule has 0 fully saturated rings. The van der Waals surface area contributed by atoms with Crippen LogP contribution in [0, 0.1) is 5.92 Å². The lowest BCUT2D eigenvalue weighted by Crippen LogP contribution is -2.25. The standard InChI is InChI=1S/C16H27NO2/c1-4-10-19-16-8-6-5-7-15(16)12-14(2)13-17-9-11-18-3/h5-8,14,17H,4,9-13H2,1-3H3. The number of ether oxygens (including phenoxy) is 2. The molecule has 0 bridgehead atoms. The smallest absolute Gasteiger partial charge is 0.122 e. The van der Waals surface area contributed by atoms with Crippen LogP contribution in [0.15, 0.2) is 24.3 Å². The lowest BCUT2D eigenvalue weighted by molar-refractivity contribution is 0.198. The molecule has 0 saturated heterocycles. The summed E-state index contributed by atoms with van der Waals surface area (Å²) in [4.78, 5) is 0. The Bertz CT molecular complexity index is 341. The molecular formula is C16H27NO2. The zero-order valence-corrected chi connectivity index (χ0v) is 12.4. The molecule has 0 aliphatic carbocycles. The zero-order valence-electron chi connectivity index (χ0n) is 12.4. The van der Waals surface area contributed by atoms with Gasteiger partial charge in [0, 0.05) is 13.7 Å². The number of benzene rings is 1. The van der Waals surface area contributed by atoms with Gasteiger partial charge in [-0.2, -0.15) is 0 Å². The first-order valence-corrected chi connectivity index (χ1v) is 7.18. The van der Waals surface area contributed by atoms with Crippen molar-refractivity contribution in [2.75, 3.05) is 33.4 Å². The van der Waals surface area contributed by atoms with Gasteiger partial charge in [0.25, 0.3) is 0 Å². The molecule has 3 heteroatoms. The summed E-state index contributed by atoms with van der Waals surface area (Å²) in [7, 11) is 1.73. The minimum atomic E-state index is 0.586. The summed E-state index contributed by atoms with van der Waals surface area (Å²) in [5, 5.41) is 3.40. The summed E-state index contributed by atoms with van der Waals surface area (Å²) >= 11 is 0. The molecule has 0 aliphatic heterocycles. The van der Waals surface area contributed by atoms with E-state index >= 15 is 0 Å². The second kappa shape index (κ2) is 9.82. The topological polar surface area (TPSA) is 30.5 Å². The van der Waals surface area contributed by atoms with Gasteiger partial charge in [-0.1, -0.05) is 32.0 Å². The van der Waals surface area contributed by atoms with E-state index in [2.05, 4.69) is 37.4 Å². The van der Waals surface area contributed by atoms with Crippen molar-refractivity contribution in [1.29, 1.82) is 0 Å². The Hall–Kier alpha value is -1.06. The number of hydrogen-bond donors (Lipinski definition) is 1. The first-order valence-electron chi connectivity index (χ1n) is 7.18. The monoisotopic (exact) mass is 265 g/mol. The highest BCUT2D eigenvalue weighted by Crippen LogP contribution is 2.21. The van der Waals surface area contributed by atoms with Crippen LogP contribution < -0.4 is 10.1 Å². The number of methoxy groups -OCH3 is 1. The van der Waals surface area contributed by atoms with Gasteiger partial charge < -0.3 is 14.8 Å². The fourth-order valence-electron chi connectivity index (χ4n) is 2.00. The highest BCUT2D eigenvalue weighted by atomic mass is 16.5. The number of rotatable bonds is 10. The van der Waals surface area contributed by atoms with Gasteiger partial charge >= 0.3 is 0 Å². The van der Waals surface area contributed by atoms with Crippen molar-refractivity contribution < 1.29 is 9.47 Å². The molecule has 0 spiro atoms. The SMILES string of the molecule is CCCOc1ccccc1CC(C)CNCCOC. The summed E-state index contributed by atoms with van der Waals surface area (Å²) in [5.41, 5.74) is 1.30. The average Bonchev–Trinajstić information content (AvgIpc) is 2.43. The van der Waals surface area contributed by atoms with E-state index in [0.29, 0.717) is 5.92 Å². The second-order valence-corrected chi connectivity index (χ2v) is 4.96. The minimum absolute atomic E-state index is 0.586. The molecule has 1 rings (SSSR count). The van der Waals surface area contributed by atoms with Crippen LogP contribution in [0.25, 0.3) is 0 Å². The van der Waals surface area contributed by atoms with Crippen LogP contribution in [0.5, 0.6) is 5.75 Å². The van der Waals surface area contributed by atoms with Crippen LogP contribution in [0.1, 0.15) is 25.8 Å². The van der Waals surface area contributed by atoms with E-state index in [4.69, 9.17) is 9.47 Å². The number of nitrogens with one attached hydrogen (secondary N) is 1. The molecule has 0 heterocycles. The summed E-state index contributed by atoms with van der Waals surface area (Å²) in [5.74, 6) is 1.62. The van der Waals surface area contributed by atoms with Gasteiger partial charge in [-0.25, -0.2) is 0 Å². The zero-order chi connectivity index (χ0) is 13.9. The van der Waals surface area contributed by atoms with Crippen molar-refractivity contribution in [1.82, 2.24) is 5.32 Å². The van der Waals surface area contributed by atoms with Gasteiger partial charge in [-0.3, -0.25) is 0 Å². The maximum atomic E-state index is 5.79. The second-order valence-electron chi connectivity index (χ2n) is 4.96. The Labute approximate surface area is 117 Å². The Balaban J connectivity index is 2.41. The molecule has 1 aromatic rings. The summed E-state index contributed by atoms with van der Waals surface area (Å²) in [6, 6.07) is 8.35. The summed E-state index contributed by atoms with van der Waals surface area (Å²) in [6.45, 7) is 7.86. The number of para-hydroxylation sites is 1. The molecule has 0 aromatic heterocycles. The molecule has 19 heavy (non-hydrogen) atoms. The Morgan fingerprint density at radius 3 is 2.74 bits per heavy atom. The Morgan fingerprint density at radius 1 is 1.21 bits per heavy atom. The van der Waals surface area contributed by atoms with Crippen molar-refractivity contribution in [3.63, 3.8) is 0 Å². The van der Waals surface area contributed by atoms with Crippen LogP contribution in [0.4, 0.5) is 0 Å². The van der Waals surface area contributed by atoms with E-state index < -0.39 is 0 Å². The molecule has 108 valence electrons. The van der Waals surface area contributed by atoms with E-state index in [1.165, 1.54) is 5.56 Å². The Morgan fingerprint density at radius 2 is 2.00 bits per heavy atom. The molecule has 1 unspecified atom stereocenters. The first kappa shape index (κ1) is 16.0. The molecule has 0 aliphatic rings. The molecular weight excluding hydrogens is 238 g/mol. The van der Waals surface area contributed by atoms with E-state index in [1.54, 1.807) is 7.11 Å². The third-order valence-electron chi connectivity index (χ3n) is 2.98. The van der Waals surface area contributed by atoms with Gasteiger partial charge in [-0.05, 0) is 36.9 Å². The third-order valence-corrected chi connectivity index (χ3v) is 2.98. The quantitative estimate of drug-likeness (QED) is 0.660. The van der Waals surface area contributed by atoms with Crippen LogP contribution in [-0.4, -0.2) is 33.4 Å². The summed E-state index contributed by atoms with van der Waals surface area (Å²) in [6.07, 6.45) is 2.09. The first-order chi connectivity index (χ1) is 9.27. The fraction of sp³-hybridized carbons (Fsp3) is 0.625. The van der Waals surface area contributed by atoms with E-state index in [0.717, 1.165) is 44.9 Å². The van der Waals surface area contributed by atoms with Crippen LogP contribution in [0.3, 0.4) is 0 Å². The maximum absolute atomic E-state index is 5.79. The van der Waals surface area contributed by atoms with Gasteiger partial charge in [0.2, 0.25) is 0 Å². The molecule has 1 N–H and O–H groups in total. The molecule has 0 radical (unpaired) electrons. The van der Waals surface area contributed by atoms with Crippen molar-refractivity contribution >= 4 is 0 Å². The van der Waals surface area contributed by atoms with Crippen LogP contribution >= 0.6 is 0 Å². The number of hydrogen-bond acceptors (Lipinski definition) is 3. The molecule has 3 nitrogen and oxygen atoms in total. The van der Waals surface area contributed by atoms with Gasteiger partial charge in [-0.15, -0.1) is 0 Å².